The molecule has 1 heterocycles. The summed E-state index contributed by atoms with van der Waals surface area (Å²) in [5.74, 6) is 4.29. The summed E-state index contributed by atoms with van der Waals surface area (Å²) in [5.41, 5.74) is 1.40. The van der Waals surface area contributed by atoms with Gasteiger partial charge in [0.25, 0.3) is 0 Å². The summed E-state index contributed by atoms with van der Waals surface area (Å²) in [5, 5.41) is 3.74. The van der Waals surface area contributed by atoms with Gasteiger partial charge in [-0.3, -0.25) is 0 Å². The molecule has 3 saturated carbocycles. The molecule has 0 aliphatic heterocycles. The Morgan fingerprint density at radius 1 is 1.27 bits per heavy atom. The first-order valence-corrected chi connectivity index (χ1v) is 6.28. The SMILES string of the molecule is c1cc(CNC2C3C4CCC(C4)C23)c[nH]1. The molecule has 3 aliphatic rings. The van der Waals surface area contributed by atoms with Gasteiger partial charge in [-0.05, 0) is 54.6 Å². The molecule has 2 heteroatoms. The third-order valence-electron chi connectivity index (χ3n) is 4.94. The van der Waals surface area contributed by atoms with Crippen molar-refractivity contribution >= 4 is 0 Å². The number of rotatable bonds is 3. The second-order valence-electron chi connectivity index (χ2n) is 5.61. The maximum absolute atomic E-state index is 3.74. The molecule has 80 valence electrons. The van der Waals surface area contributed by atoms with Gasteiger partial charge in [0.05, 0.1) is 0 Å². The first kappa shape index (κ1) is 8.40. The second-order valence-corrected chi connectivity index (χ2v) is 5.61. The van der Waals surface area contributed by atoms with E-state index in [0.717, 1.165) is 36.3 Å². The van der Waals surface area contributed by atoms with Crippen molar-refractivity contribution in [1.82, 2.24) is 10.3 Å². The lowest BCUT2D eigenvalue weighted by molar-refractivity contribution is 0.456. The molecule has 2 nitrogen and oxygen atoms in total. The van der Waals surface area contributed by atoms with E-state index in [0.29, 0.717) is 0 Å². The molecule has 0 amide bonds. The van der Waals surface area contributed by atoms with E-state index in [9.17, 15) is 0 Å². The largest absolute Gasteiger partial charge is 0.367 e. The molecule has 0 saturated heterocycles. The lowest BCUT2D eigenvalue weighted by Crippen LogP contribution is -2.22. The van der Waals surface area contributed by atoms with Crippen molar-refractivity contribution in [3.63, 3.8) is 0 Å². The average molecular weight is 202 g/mol. The predicted molar refractivity (Wildman–Crippen MR) is 59.2 cm³/mol. The average Bonchev–Trinajstić information content (AvgIpc) is 2.72. The maximum atomic E-state index is 3.74. The van der Waals surface area contributed by atoms with Crippen LogP contribution in [0, 0.1) is 23.7 Å². The van der Waals surface area contributed by atoms with Gasteiger partial charge >= 0.3 is 0 Å². The number of nitrogens with one attached hydrogen (secondary N) is 2. The zero-order valence-electron chi connectivity index (χ0n) is 8.95. The van der Waals surface area contributed by atoms with Crippen LogP contribution in [0.15, 0.2) is 18.5 Å². The number of H-pyrrole nitrogens is 1. The quantitative estimate of drug-likeness (QED) is 0.772. The molecule has 4 rings (SSSR count). The summed E-state index contributed by atoms with van der Waals surface area (Å²) in [7, 11) is 0. The predicted octanol–water partition coefficient (Wildman–Crippen LogP) is 2.15. The van der Waals surface area contributed by atoms with Crippen molar-refractivity contribution < 1.29 is 0 Å². The van der Waals surface area contributed by atoms with E-state index in [1.807, 2.05) is 6.20 Å². The Balaban J connectivity index is 1.39. The summed E-state index contributed by atoms with van der Waals surface area (Å²) in [6.45, 7) is 1.06. The van der Waals surface area contributed by atoms with Gasteiger partial charge in [0.1, 0.15) is 0 Å². The van der Waals surface area contributed by atoms with Gasteiger partial charge < -0.3 is 10.3 Å². The molecule has 3 aliphatic carbocycles. The summed E-state index contributed by atoms with van der Waals surface area (Å²) in [6.07, 6.45) is 8.70. The molecule has 0 spiro atoms. The molecule has 3 fully saturated rings. The standard InChI is InChI=1S/C13H18N2/c1-2-10-5-9(1)11-12(10)13(11)15-7-8-3-4-14-6-8/h3-4,6,9-15H,1-2,5,7H2. The highest BCUT2D eigenvalue weighted by Crippen LogP contribution is 2.65. The van der Waals surface area contributed by atoms with Crippen molar-refractivity contribution in [2.24, 2.45) is 23.7 Å². The number of hydrogen-bond acceptors (Lipinski definition) is 1. The van der Waals surface area contributed by atoms with Crippen LogP contribution in [-0.2, 0) is 6.54 Å². The van der Waals surface area contributed by atoms with Gasteiger partial charge in [0.15, 0.2) is 0 Å². The Kier molecular flexibility index (Phi) is 1.61. The van der Waals surface area contributed by atoms with Gasteiger partial charge in [-0.15, -0.1) is 0 Å². The van der Waals surface area contributed by atoms with Crippen molar-refractivity contribution in [2.75, 3.05) is 0 Å². The Morgan fingerprint density at radius 3 is 2.73 bits per heavy atom. The van der Waals surface area contributed by atoms with E-state index < -0.39 is 0 Å². The normalized spacial score (nSPS) is 45.7. The summed E-state index contributed by atoms with van der Waals surface area (Å²) < 4.78 is 0. The van der Waals surface area contributed by atoms with Crippen molar-refractivity contribution in [3.8, 4) is 0 Å². The van der Waals surface area contributed by atoms with Crippen LogP contribution in [0.5, 0.6) is 0 Å². The van der Waals surface area contributed by atoms with Crippen LogP contribution in [0.2, 0.25) is 0 Å². The fourth-order valence-electron chi connectivity index (χ4n) is 4.30. The van der Waals surface area contributed by atoms with Gasteiger partial charge in [-0.2, -0.15) is 0 Å². The first-order chi connectivity index (χ1) is 7.43. The molecule has 15 heavy (non-hydrogen) atoms. The maximum Gasteiger partial charge on any atom is 0.0223 e. The van der Waals surface area contributed by atoms with E-state index in [1.165, 1.54) is 18.4 Å². The van der Waals surface area contributed by atoms with Crippen LogP contribution in [0.4, 0.5) is 0 Å². The molecule has 2 N–H and O–H groups in total. The number of aromatic nitrogens is 1. The van der Waals surface area contributed by atoms with E-state index in [-0.39, 0.29) is 0 Å². The van der Waals surface area contributed by atoms with Crippen molar-refractivity contribution in [3.05, 3.63) is 24.0 Å². The lowest BCUT2D eigenvalue weighted by Gasteiger charge is -2.09. The zero-order valence-corrected chi connectivity index (χ0v) is 8.95. The Morgan fingerprint density at radius 2 is 2.07 bits per heavy atom. The Hall–Kier alpha value is -0.760. The molecule has 1 aromatic heterocycles. The number of hydrogen-bond donors (Lipinski definition) is 2. The molecule has 1 aromatic rings. The minimum atomic E-state index is 0.867. The highest BCUT2D eigenvalue weighted by atomic mass is 15.0. The fourth-order valence-corrected chi connectivity index (χ4v) is 4.30. The van der Waals surface area contributed by atoms with E-state index in [2.05, 4.69) is 22.6 Å². The van der Waals surface area contributed by atoms with Crippen LogP contribution in [0.1, 0.15) is 24.8 Å². The minimum Gasteiger partial charge on any atom is -0.367 e. The Labute approximate surface area is 90.5 Å². The van der Waals surface area contributed by atoms with Crippen molar-refractivity contribution in [2.45, 2.75) is 31.8 Å². The lowest BCUT2D eigenvalue weighted by atomic mass is 10.0. The van der Waals surface area contributed by atoms with Crippen molar-refractivity contribution in [1.29, 1.82) is 0 Å². The molecule has 0 aromatic carbocycles. The number of aromatic amines is 1. The highest BCUT2D eigenvalue weighted by Gasteiger charge is 2.64. The van der Waals surface area contributed by atoms with Crippen LogP contribution in [0.3, 0.4) is 0 Å². The summed E-state index contributed by atoms with van der Waals surface area (Å²) in [4.78, 5) is 3.11. The van der Waals surface area contributed by atoms with Crippen LogP contribution >= 0.6 is 0 Å². The summed E-state index contributed by atoms with van der Waals surface area (Å²) >= 11 is 0. The van der Waals surface area contributed by atoms with Gasteiger partial charge in [0.2, 0.25) is 0 Å². The number of fused-ring (bicyclic) bond motifs is 5. The van der Waals surface area contributed by atoms with Gasteiger partial charge in [-0.25, -0.2) is 0 Å². The van der Waals surface area contributed by atoms with Crippen LogP contribution < -0.4 is 5.32 Å². The molecule has 2 bridgehead atoms. The third-order valence-corrected chi connectivity index (χ3v) is 4.94. The second kappa shape index (κ2) is 2.88. The topological polar surface area (TPSA) is 27.8 Å². The summed E-state index contributed by atoms with van der Waals surface area (Å²) in [6, 6.07) is 3.03. The Bertz CT molecular complexity index is 341. The first-order valence-electron chi connectivity index (χ1n) is 6.28. The van der Waals surface area contributed by atoms with Gasteiger partial charge in [-0.1, -0.05) is 0 Å². The van der Waals surface area contributed by atoms with E-state index in [4.69, 9.17) is 0 Å². The molecule has 0 radical (unpaired) electrons. The molecular formula is C13H18N2. The molecule has 4 atom stereocenters. The third kappa shape index (κ3) is 1.14. The van der Waals surface area contributed by atoms with Crippen LogP contribution in [0.25, 0.3) is 0 Å². The molecule has 4 unspecified atom stereocenters. The smallest absolute Gasteiger partial charge is 0.0223 e. The molecular weight excluding hydrogens is 184 g/mol. The van der Waals surface area contributed by atoms with E-state index in [1.54, 1.807) is 6.42 Å². The van der Waals surface area contributed by atoms with Gasteiger partial charge in [0, 0.05) is 25.0 Å². The monoisotopic (exact) mass is 202 g/mol. The van der Waals surface area contributed by atoms with Crippen LogP contribution in [-0.4, -0.2) is 11.0 Å². The fraction of sp³-hybridized carbons (Fsp3) is 0.692. The highest BCUT2D eigenvalue weighted by molar-refractivity contribution is 5.18. The zero-order chi connectivity index (χ0) is 9.83. The van der Waals surface area contributed by atoms with E-state index >= 15 is 0 Å². The minimum absolute atomic E-state index is 0.867.